The Kier molecular flexibility index (Phi) is 4.44. The number of hydrogen-bond acceptors (Lipinski definition) is 4. The molecule has 0 unspecified atom stereocenters. The predicted molar refractivity (Wildman–Crippen MR) is 91.6 cm³/mol. The van der Waals surface area contributed by atoms with Gasteiger partial charge in [0.2, 0.25) is 5.91 Å². The first-order chi connectivity index (χ1) is 11.6. The van der Waals surface area contributed by atoms with Gasteiger partial charge >= 0.3 is 0 Å². The summed E-state index contributed by atoms with van der Waals surface area (Å²) in [6, 6.07) is 11.3. The number of carbonyl (C=O) groups is 1. The quantitative estimate of drug-likeness (QED) is 0.748. The molecule has 0 radical (unpaired) electrons. The largest absolute Gasteiger partial charge is 0.308 e. The van der Waals surface area contributed by atoms with Crippen LogP contribution in [0.2, 0.25) is 0 Å². The number of amides is 1. The third-order valence-electron chi connectivity index (χ3n) is 3.48. The maximum atomic E-state index is 12.4. The van der Waals surface area contributed by atoms with Gasteiger partial charge in [-0.1, -0.05) is 18.2 Å². The Hall–Kier alpha value is -2.92. The molecule has 1 N–H and O–H groups in total. The molecule has 0 bridgehead atoms. The van der Waals surface area contributed by atoms with E-state index in [-0.39, 0.29) is 12.5 Å². The van der Waals surface area contributed by atoms with Crippen molar-refractivity contribution >= 4 is 27.7 Å². The van der Waals surface area contributed by atoms with Crippen LogP contribution in [0, 0.1) is 18.3 Å². The number of aromatic nitrogens is 4. The molecule has 0 aliphatic heterocycles. The minimum absolute atomic E-state index is 0.0439. The lowest BCUT2D eigenvalue weighted by atomic mass is 10.3. The Morgan fingerprint density at radius 3 is 2.67 bits per heavy atom. The molecule has 0 saturated heterocycles. The number of halogens is 1. The second kappa shape index (κ2) is 6.68. The molecular weight excluding hydrogens is 372 g/mol. The molecule has 3 rings (SSSR count). The van der Waals surface area contributed by atoms with Crippen LogP contribution in [-0.4, -0.2) is 25.5 Å². The SMILES string of the molecule is Cc1c(Br)cnn1CC(=O)Nc1c(C#N)cnn1-c1ccccc1. The molecule has 0 spiro atoms. The Labute approximate surface area is 146 Å². The maximum Gasteiger partial charge on any atom is 0.247 e. The molecule has 1 aromatic carbocycles. The molecule has 120 valence electrons. The van der Waals surface area contributed by atoms with Crippen LogP contribution in [0.3, 0.4) is 0 Å². The zero-order valence-corrected chi connectivity index (χ0v) is 14.4. The topological polar surface area (TPSA) is 88.5 Å². The molecule has 24 heavy (non-hydrogen) atoms. The van der Waals surface area contributed by atoms with Crippen LogP contribution in [-0.2, 0) is 11.3 Å². The van der Waals surface area contributed by atoms with Crippen LogP contribution < -0.4 is 5.32 Å². The van der Waals surface area contributed by atoms with Gasteiger partial charge in [-0.2, -0.15) is 15.5 Å². The minimum atomic E-state index is -0.289. The summed E-state index contributed by atoms with van der Waals surface area (Å²) in [6.45, 7) is 1.90. The van der Waals surface area contributed by atoms with Crippen LogP contribution in [0.5, 0.6) is 0 Å². The van der Waals surface area contributed by atoms with Crippen LogP contribution in [0.25, 0.3) is 5.69 Å². The molecule has 0 saturated carbocycles. The average Bonchev–Trinajstić information content (AvgIpc) is 3.13. The van der Waals surface area contributed by atoms with E-state index in [9.17, 15) is 10.1 Å². The van der Waals surface area contributed by atoms with Crippen molar-refractivity contribution in [3.8, 4) is 11.8 Å². The number of rotatable bonds is 4. The summed E-state index contributed by atoms with van der Waals surface area (Å²) in [6.07, 6.45) is 3.07. The van der Waals surface area contributed by atoms with Crippen molar-refractivity contribution < 1.29 is 4.79 Å². The molecule has 8 heteroatoms. The van der Waals surface area contributed by atoms with Crippen molar-refractivity contribution in [2.45, 2.75) is 13.5 Å². The monoisotopic (exact) mass is 384 g/mol. The zero-order valence-electron chi connectivity index (χ0n) is 12.8. The van der Waals surface area contributed by atoms with Gasteiger partial charge in [-0.3, -0.25) is 9.48 Å². The van der Waals surface area contributed by atoms with E-state index < -0.39 is 0 Å². The normalized spacial score (nSPS) is 10.4. The van der Waals surface area contributed by atoms with E-state index in [0.29, 0.717) is 11.4 Å². The summed E-state index contributed by atoms with van der Waals surface area (Å²) in [5.41, 5.74) is 1.90. The van der Waals surface area contributed by atoms with Crippen molar-refractivity contribution in [2.75, 3.05) is 5.32 Å². The number of anilines is 1. The number of nitrogens with zero attached hydrogens (tertiary/aromatic N) is 5. The minimum Gasteiger partial charge on any atom is -0.308 e. The second-order valence-corrected chi connectivity index (χ2v) is 5.90. The standard InChI is InChI=1S/C16H13BrN6O/c1-11-14(17)9-19-22(11)10-15(24)21-16-12(7-18)8-20-23(16)13-5-3-2-4-6-13/h2-6,8-9H,10H2,1H3,(H,21,24). The lowest BCUT2D eigenvalue weighted by molar-refractivity contribution is -0.117. The molecule has 0 atom stereocenters. The maximum absolute atomic E-state index is 12.4. The van der Waals surface area contributed by atoms with Crippen molar-refractivity contribution in [1.29, 1.82) is 5.26 Å². The highest BCUT2D eigenvalue weighted by Gasteiger charge is 2.16. The van der Waals surface area contributed by atoms with E-state index >= 15 is 0 Å². The van der Waals surface area contributed by atoms with E-state index in [1.54, 1.807) is 10.9 Å². The Morgan fingerprint density at radius 2 is 2.04 bits per heavy atom. The average molecular weight is 385 g/mol. The first-order valence-corrected chi connectivity index (χ1v) is 7.90. The summed E-state index contributed by atoms with van der Waals surface area (Å²) in [5.74, 6) is 0.0560. The lowest BCUT2D eigenvalue weighted by Gasteiger charge is -2.10. The van der Waals surface area contributed by atoms with Crippen molar-refractivity contribution in [3.05, 3.63) is 58.5 Å². The van der Waals surface area contributed by atoms with E-state index in [4.69, 9.17) is 0 Å². The van der Waals surface area contributed by atoms with Gasteiger partial charge in [-0.05, 0) is 35.0 Å². The fourth-order valence-electron chi connectivity index (χ4n) is 2.21. The third-order valence-corrected chi connectivity index (χ3v) is 4.26. The van der Waals surface area contributed by atoms with Crippen LogP contribution >= 0.6 is 15.9 Å². The van der Waals surface area contributed by atoms with Gasteiger partial charge in [-0.15, -0.1) is 0 Å². The van der Waals surface area contributed by atoms with Gasteiger partial charge in [0.05, 0.1) is 28.2 Å². The molecule has 0 fully saturated rings. The van der Waals surface area contributed by atoms with E-state index in [1.165, 1.54) is 10.9 Å². The Morgan fingerprint density at radius 1 is 1.29 bits per heavy atom. The predicted octanol–water partition coefficient (Wildman–Crippen LogP) is 2.65. The highest BCUT2D eigenvalue weighted by Crippen LogP contribution is 2.20. The summed E-state index contributed by atoms with van der Waals surface area (Å²) in [7, 11) is 0. The summed E-state index contributed by atoms with van der Waals surface area (Å²) < 4.78 is 3.94. The fourth-order valence-corrected chi connectivity index (χ4v) is 2.50. The Bertz CT molecular complexity index is 922. The number of nitriles is 1. The van der Waals surface area contributed by atoms with Crippen LogP contribution in [0.15, 0.2) is 47.2 Å². The number of hydrogen-bond donors (Lipinski definition) is 1. The van der Waals surface area contributed by atoms with Gasteiger partial charge < -0.3 is 5.32 Å². The lowest BCUT2D eigenvalue weighted by Crippen LogP contribution is -2.22. The summed E-state index contributed by atoms with van der Waals surface area (Å²) in [4.78, 5) is 12.4. The van der Waals surface area contributed by atoms with Crippen molar-refractivity contribution in [3.63, 3.8) is 0 Å². The molecule has 1 amide bonds. The highest BCUT2D eigenvalue weighted by atomic mass is 79.9. The Balaban J connectivity index is 1.87. The number of carbonyl (C=O) groups excluding carboxylic acids is 1. The molecular formula is C16H13BrN6O. The first kappa shape index (κ1) is 16.0. The zero-order chi connectivity index (χ0) is 17.1. The summed E-state index contributed by atoms with van der Waals surface area (Å²) in [5, 5.41) is 20.3. The number of nitrogens with one attached hydrogen (secondary N) is 1. The van der Waals surface area contributed by atoms with Crippen molar-refractivity contribution in [1.82, 2.24) is 19.6 Å². The fraction of sp³-hybridized carbons (Fsp3) is 0.125. The molecule has 0 aliphatic rings. The molecule has 7 nitrogen and oxygen atoms in total. The third kappa shape index (κ3) is 3.07. The smallest absolute Gasteiger partial charge is 0.247 e. The van der Waals surface area contributed by atoms with E-state index in [1.807, 2.05) is 43.3 Å². The van der Waals surface area contributed by atoms with E-state index in [0.717, 1.165) is 15.9 Å². The van der Waals surface area contributed by atoms with Gasteiger partial charge in [0.15, 0.2) is 5.82 Å². The van der Waals surface area contributed by atoms with E-state index in [2.05, 4.69) is 31.4 Å². The van der Waals surface area contributed by atoms with Gasteiger partial charge in [0.1, 0.15) is 18.2 Å². The van der Waals surface area contributed by atoms with Gasteiger partial charge in [0, 0.05) is 0 Å². The number of para-hydroxylation sites is 1. The molecule has 3 aromatic rings. The second-order valence-electron chi connectivity index (χ2n) is 5.05. The molecule has 0 aliphatic carbocycles. The highest BCUT2D eigenvalue weighted by molar-refractivity contribution is 9.10. The van der Waals surface area contributed by atoms with Crippen LogP contribution in [0.4, 0.5) is 5.82 Å². The van der Waals surface area contributed by atoms with Gasteiger partial charge in [0.25, 0.3) is 0 Å². The van der Waals surface area contributed by atoms with Crippen molar-refractivity contribution in [2.24, 2.45) is 0 Å². The summed E-state index contributed by atoms with van der Waals surface area (Å²) >= 11 is 3.36. The molecule has 2 aromatic heterocycles. The number of benzene rings is 1. The van der Waals surface area contributed by atoms with Crippen LogP contribution in [0.1, 0.15) is 11.3 Å². The van der Waals surface area contributed by atoms with Gasteiger partial charge in [-0.25, -0.2) is 4.68 Å². The first-order valence-electron chi connectivity index (χ1n) is 7.11. The molecule has 2 heterocycles.